The molecule has 0 spiro atoms. The van der Waals surface area contributed by atoms with Gasteiger partial charge in [0.05, 0.1) is 12.7 Å². The number of halogens is 1. The van der Waals surface area contributed by atoms with Crippen LogP contribution in [0.1, 0.15) is 0 Å². The van der Waals surface area contributed by atoms with Crippen LogP contribution in [0.2, 0.25) is 0 Å². The van der Waals surface area contributed by atoms with Crippen LogP contribution >= 0.6 is 17.0 Å². The maximum absolute atomic E-state index is 3.78. The Morgan fingerprint density at radius 3 is 1.40 bits per heavy atom. The summed E-state index contributed by atoms with van der Waals surface area (Å²) < 4.78 is 3.56. The Morgan fingerprint density at radius 2 is 1.27 bits per heavy atom. The lowest BCUT2D eigenvalue weighted by Gasteiger charge is -1.80. The molecule has 80 valence electrons. The van der Waals surface area contributed by atoms with Crippen molar-refractivity contribution >= 4 is 29.4 Å². The van der Waals surface area contributed by atoms with Gasteiger partial charge in [0.1, 0.15) is 0 Å². The first kappa shape index (κ1) is 13.4. The van der Waals surface area contributed by atoms with E-state index in [0.29, 0.717) is 0 Å². The Morgan fingerprint density at radius 1 is 0.867 bits per heavy atom. The average molecular weight is 269 g/mol. The summed E-state index contributed by atoms with van der Waals surface area (Å²) in [6, 6.07) is 0. The molecule has 0 aliphatic heterocycles. The van der Waals surface area contributed by atoms with E-state index in [9.17, 15) is 0 Å². The van der Waals surface area contributed by atoms with E-state index in [4.69, 9.17) is 0 Å². The molecule has 0 saturated carbocycles. The van der Waals surface area contributed by atoms with E-state index < -0.39 is 0 Å². The molecule has 2 aromatic rings. The number of imidazole rings is 2. The second-order valence-electron chi connectivity index (χ2n) is 2.38. The van der Waals surface area contributed by atoms with E-state index in [2.05, 4.69) is 23.1 Å². The molecule has 2 rings (SSSR count). The highest BCUT2D eigenvalue weighted by Gasteiger charge is 1.73. The third-order valence-corrected chi connectivity index (χ3v) is 1.47. The molecular weight excluding hydrogens is 256 g/mol. The van der Waals surface area contributed by atoms with Gasteiger partial charge in [0.15, 0.2) is 0 Å². The second-order valence-corrected chi connectivity index (χ2v) is 2.38. The quantitative estimate of drug-likeness (QED) is 0.839. The zero-order valence-electron chi connectivity index (χ0n) is 8.23. The van der Waals surface area contributed by atoms with Gasteiger partial charge in [-0.25, -0.2) is 9.97 Å². The van der Waals surface area contributed by atoms with Crippen molar-refractivity contribution in [1.29, 1.82) is 0 Å². The largest absolute Gasteiger partial charge is 0.314 e. The van der Waals surface area contributed by atoms with Gasteiger partial charge in [-0.15, -0.1) is 17.0 Å². The molecule has 0 radical (unpaired) electrons. The van der Waals surface area contributed by atoms with Crippen LogP contribution in [0, 0.1) is 0 Å². The van der Waals surface area contributed by atoms with Crippen LogP contribution in [0.15, 0.2) is 50.6 Å². The molecule has 4 nitrogen and oxygen atoms in total. The predicted molar refractivity (Wildman–Crippen MR) is 67.6 cm³/mol. The third-order valence-electron chi connectivity index (χ3n) is 1.47. The lowest BCUT2D eigenvalue weighted by molar-refractivity contribution is 1.14. The van der Waals surface area contributed by atoms with Crippen molar-refractivity contribution in [3.63, 3.8) is 0 Å². The summed E-state index contributed by atoms with van der Waals surface area (Å²) in [5.41, 5.74) is 0. The fourth-order valence-electron chi connectivity index (χ4n) is 0.755. The summed E-state index contributed by atoms with van der Waals surface area (Å²) in [6.07, 6.45) is 13.8. The van der Waals surface area contributed by atoms with Crippen molar-refractivity contribution in [2.75, 3.05) is 0 Å². The summed E-state index contributed by atoms with van der Waals surface area (Å²) in [7, 11) is 0. The Hall–Kier alpha value is -1.62. The first-order chi connectivity index (χ1) is 6.86. The average Bonchev–Trinajstić information content (AvgIpc) is 2.92. The van der Waals surface area contributed by atoms with Crippen LogP contribution in [0.25, 0.3) is 12.4 Å². The summed E-state index contributed by atoms with van der Waals surface area (Å²) in [4.78, 5) is 7.57. The fourth-order valence-corrected chi connectivity index (χ4v) is 0.755. The molecule has 2 heterocycles. The number of hydrogen-bond acceptors (Lipinski definition) is 2. The van der Waals surface area contributed by atoms with Crippen molar-refractivity contribution in [3.05, 3.63) is 50.6 Å². The molecule has 15 heavy (non-hydrogen) atoms. The van der Waals surface area contributed by atoms with Crippen LogP contribution in [-0.2, 0) is 0 Å². The van der Waals surface area contributed by atoms with Crippen LogP contribution in [-0.4, -0.2) is 19.1 Å². The van der Waals surface area contributed by atoms with Gasteiger partial charge in [-0.2, -0.15) is 0 Å². The zero-order valence-corrected chi connectivity index (χ0v) is 9.94. The molecule has 0 N–H and O–H groups in total. The summed E-state index contributed by atoms with van der Waals surface area (Å²) in [5.74, 6) is 0. The highest BCUT2D eigenvalue weighted by molar-refractivity contribution is 8.93. The molecule has 0 aromatic carbocycles. The lowest BCUT2D eigenvalue weighted by atomic mass is 10.9. The molecule has 2 aromatic heterocycles. The Bertz CT molecular complexity index is 326. The van der Waals surface area contributed by atoms with Crippen molar-refractivity contribution in [3.8, 4) is 0 Å². The van der Waals surface area contributed by atoms with Gasteiger partial charge in [-0.05, 0) is 0 Å². The zero-order chi connectivity index (χ0) is 10.2. The molecule has 0 saturated heterocycles. The molecule has 0 aliphatic rings. The number of hydrogen-bond donors (Lipinski definition) is 0. The van der Waals surface area contributed by atoms with Crippen molar-refractivity contribution in [1.82, 2.24) is 19.1 Å². The molecule has 0 fully saturated rings. The number of aromatic nitrogens is 4. The van der Waals surface area contributed by atoms with Gasteiger partial charge < -0.3 is 9.13 Å². The van der Waals surface area contributed by atoms with Crippen molar-refractivity contribution in [2.24, 2.45) is 0 Å². The van der Waals surface area contributed by atoms with Crippen LogP contribution < -0.4 is 0 Å². The molecule has 5 heteroatoms. The van der Waals surface area contributed by atoms with E-state index in [1.54, 1.807) is 46.6 Å². The molecule has 0 amide bonds. The normalized spacial score (nSPS) is 8.00. The maximum Gasteiger partial charge on any atom is 0.0986 e. The maximum atomic E-state index is 3.78. The standard InChI is InChI=1S/2C5H6N2.BrH/c2*1-2-7-4-3-6-5-7;/h2*2-5H,1H2;1H. The molecule has 0 unspecified atom stereocenters. The van der Waals surface area contributed by atoms with Crippen LogP contribution in [0.5, 0.6) is 0 Å². The second kappa shape index (κ2) is 7.75. The van der Waals surface area contributed by atoms with Gasteiger partial charge in [-0.1, -0.05) is 13.2 Å². The van der Waals surface area contributed by atoms with Gasteiger partial charge >= 0.3 is 0 Å². The van der Waals surface area contributed by atoms with E-state index in [-0.39, 0.29) is 17.0 Å². The smallest absolute Gasteiger partial charge is 0.0986 e. The van der Waals surface area contributed by atoms with Gasteiger partial charge in [0.25, 0.3) is 0 Å². The van der Waals surface area contributed by atoms with Crippen molar-refractivity contribution in [2.45, 2.75) is 0 Å². The first-order valence-electron chi connectivity index (χ1n) is 4.07. The van der Waals surface area contributed by atoms with Crippen LogP contribution in [0.3, 0.4) is 0 Å². The van der Waals surface area contributed by atoms with E-state index in [1.165, 1.54) is 0 Å². The Balaban J connectivity index is 0.000000245. The molecule has 0 bridgehead atoms. The fraction of sp³-hybridized carbons (Fsp3) is 0. The van der Waals surface area contributed by atoms with Gasteiger partial charge in [0.2, 0.25) is 0 Å². The van der Waals surface area contributed by atoms with E-state index >= 15 is 0 Å². The van der Waals surface area contributed by atoms with E-state index in [1.807, 2.05) is 12.4 Å². The minimum absolute atomic E-state index is 0. The molecular formula is C10H13BrN4. The number of nitrogens with zero attached hydrogens (tertiary/aromatic N) is 4. The van der Waals surface area contributed by atoms with Crippen molar-refractivity contribution < 1.29 is 0 Å². The summed E-state index contributed by atoms with van der Waals surface area (Å²) >= 11 is 0. The first-order valence-corrected chi connectivity index (χ1v) is 4.07. The lowest BCUT2D eigenvalue weighted by Crippen LogP contribution is -1.73. The third kappa shape index (κ3) is 4.97. The Kier molecular flexibility index (Phi) is 6.92. The monoisotopic (exact) mass is 268 g/mol. The van der Waals surface area contributed by atoms with Gasteiger partial charge in [0, 0.05) is 37.2 Å². The number of rotatable bonds is 2. The minimum atomic E-state index is 0. The molecule has 0 atom stereocenters. The van der Waals surface area contributed by atoms with Gasteiger partial charge in [-0.3, -0.25) is 0 Å². The highest BCUT2D eigenvalue weighted by atomic mass is 79.9. The van der Waals surface area contributed by atoms with Crippen LogP contribution in [0.4, 0.5) is 0 Å². The Labute approximate surface area is 99.4 Å². The van der Waals surface area contributed by atoms with E-state index in [0.717, 1.165) is 0 Å². The predicted octanol–water partition coefficient (Wildman–Crippen LogP) is 2.55. The summed E-state index contributed by atoms with van der Waals surface area (Å²) in [6.45, 7) is 7.05. The highest BCUT2D eigenvalue weighted by Crippen LogP contribution is 1.81. The SMILES string of the molecule is Br.C=Cn1ccnc1.C=Cn1ccnc1. The topological polar surface area (TPSA) is 35.6 Å². The molecule has 0 aliphatic carbocycles. The minimum Gasteiger partial charge on any atom is -0.314 e. The summed E-state index contributed by atoms with van der Waals surface area (Å²) in [5, 5.41) is 0.